The summed E-state index contributed by atoms with van der Waals surface area (Å²) in [5.74, 6) is 1.40. The Labute approximate surface area is 100 Å². The maximum absolute atomic E-state index is 5.85. The fourth-order valence-electron chi connectivity index (χ4n) is 2.65. The van der Waals surface area contributed by atoms with Gasteiger partial charge in [-0.2, -0.15) is 0 Å². The summed E-state index contributed by atoms with van der Waals surface area (Å²) < 4.78 is 5.44. The van der Waals surface area contributed by atoms with Crippen LogP contribution in [0.25, 0.3) is 0 Å². The van der Waals surface area contributed by atoms with E-state index in [4.69, 9.17) is 10.5 Å². The zero-order valence-corrected chi connectivity index (χ0v) is 11.1. The molecule has 1 rings (SSSR count). The normalized spacial score (nSPS) is 24.9. The Morgan fingerprint density at radius 1 is 1.44 bits per heavy atom. The number of methoxy groups -OCH3 is 1. The van der Waals surface area contributed by atoms with Crippen molar-refractivity contribution in [2.45, 2.75) is 39.2 Å². The first kappa shape index (κ1) is 13.9. The van der Waals surface area contributed by atoms with Crippen LogP contribution in [0, 0.1) is 11.8 Å². The van der Waals surface area contributed by atoms with E-state index < -0.39 is 0 Å². The van der Waals surface area contributed by atoms with Gasteiger partial charge in [0, 0.05) is 20.2 Å². The fraction of sp³-hybridized carbons (Fsp3) is 1.00. The number of ether oxygens (including phenoxy) is 1. The molecule has 0 spiro atoms. The molecule has 0 saturated carbocycles. The molecule has 1 aliphatic rings. The van der Waals surface area contributed by atoms with Crippen LogP contribution in [0.3, 0.4) is 0 Å². The molecule has 0 bridgehead atoms. The molecule has 96 valence electrons. The van der Waals surface area contributed by atoms with Crippen molar-refractivity contribution in [3.63, 3.8) is 0 Å². The van der Waals surface area contributed by atoms with E-state index in [9.17, 15) is 0 Å². The molecule has 1 heterocycles. The van der Waals surface area contributed by atoms with Crippen LogP contribution in [0.4, 0.5) is 0 Å². The number of nitrogens with two attached hydrogens (primary N) is 1. The molecule has 16 heavy (non-hydrogen) atoms. The van der Waals surface area contributed by atoms with Gasteiger partial charge >= 0.3 is 0 Å². The van der Waals surface area contributed by atoms with E-state index in [1.807, 2.05) is 7.11 Å². The molecule has 1 aliphatic heterocycles. The summed E-state index contributed by atoms with van der Waals surface area (Å²) in [4.78, 5) is 2.53. The molecule has 2 unspecified atom stereocenters. The fourth-order valence-corrected chi connectivity index (χ4v) is 2.65. The van der Waals surface area contributed by atoms with E-state index in [2.05, 4.69) is 18.7 Å². The van der Waals surface area contributed by atoms with Gasteiger partial charge in [0.2, 0.25) is 0 Å². The molecular formula is C13H28N2O. The van der Waals surface area contributed by atoms with E-state index >= 15 is 0 Å². The lowest BCUT2D eigenvalue weighted by atomic mass is 9.95. The number of likely N-dealkylation sites (tertiary alicyclic amines) is 1. The Hall–Kier alpha value is -0.120. The molecule has 2 atom stereocenters. The number of hydrogen-bond donors (Lipinski definition) is 1. The topological polar surface area (TPSA) is 38.5 Å². The third-order valence-electron chi connectivity index (χ3n) is 3.45. The van der Waals surface area contributed by atoms with Gasteiger partial charge in [-0.25, -0.2) is 0 Å². The van der Waals surface area contributed by atoms with Crippen LogP contribution < -0.4 is 5.73 Å². The van der Waals surface area contributed by atoms with Crippen molar-refractivity contribution in [2.24, 2.45) is 17.6 Å². The van der Waals surface area contributed by atoms with Crippen molar-refractivity contribution < 1.29 is 4.74 Å². The highest BCUT2D eigenvalue weighted by molar-refractivity contribution is 4.76. The van der Waals surface area contributed by atoms with Crippen LogP contribution in [0.2, 0.25) is 0 Å². The lowest BCUT2D eigenvalue weighted by Gasteiger charge is -2.34. The van der Waals surface area contributed by atoms with Crippen molar-refractivity contribution in [3.05, 3.63) is 0 Å². The van der Waals surface area contributed by atoms with Gasteiger partial charge in [0.25, 0.3) is 0 Å². The largest absolute Gasteiger partial charge is 0.380 e. The molecule has 3 heteroatoms. The molecule has 0 amide bonds. The second-order valence-electron chi connectivity index (χ2n) is 5.49. The minimum atomic E-state index is 0.436. The SMILES string of the molecule is COC1CCCN(CC(CN)CC(C)C)C1. The minimum Gasteiger partial charge on any atom is -0.380 e. The van der Waals surface area contributed by atoms with Crippen molar-refractivity contribution in [3.8, 4) is 0 Å². The van der Waals surface area contributed by atoms with E-state index in [0.717, 1.165) is 25.6 Å². The summed E-state index contributed by atoms with van der Waals surface area (Å²) in [6.45, 7) is 8.81. The molecule has 0 aromatic rings. The van der Waals surface area contributed by atoms with E-state index in [1.54, 1.807) is 0 Å². The average Bonchev–Trinajstić information content (AvgIpc) is 2.28. The molecule has 0 aliphatic carbocycles. The summed E-state index contributed by atoms with van der Waals surface area (Å²) in [7, 11) is 1.82. The van der Waals surface area contributed by atoms with Crippen molar-refractivity contribution >= 4 is 0 Å². The summed E-state index contributed by atoms with van der Waals surface area (Å²) in [5.41, 5.74) is 5.85. The molecule has 1 fully saturated rings. The first-order valence-corrected chi connectivity index (χ1v) is 6.61. The van der Waals surface area contributed by atoms with Crippen LogP contribution in [0.1, 0.15) is 33.1 Å². The average molecular weight is 228 g/mol. The highest BCUT2D eigenvalue weighted by Crippen LogP contribution is 2.17. The molecular weight excluding hydrogens is 200 g/mol. The summed E-state index contributed by atoms with van der Waals surface area (Å²) in [5, 5.41) is 0. The first-order chi connectivity index (χ1) is 7.65. The Balaban J connectivity index is 2.33. The van der Waals surface area contributed by atoms with Crippen LogP contribution in [-0.4, -0.2) is 44.3 Å². The Kier molecular flexibility index (Phi) is 6.32. The third-order valence-corrected chi connectivity index (χ3v) is 3.45. The number of nitrogens with zero attached hydrogens (tertiary/aromatic N) is 1. The predicted molar refractivity (Wildman–Crippen MR) is 68.5 cm³/mol. The van der Waals surface area contributed by atoms with E-state index in [1.165, 1.54) is 25.8 Å². The van der Waals surface area contributed by atoms with E-state index in [-0.39, 0.29) is 0 Å². The van der Waals surface area contributed by atoms with Crippen molar-refractivity contribution in [1.29, 1.82) is 0 Å². The summed E-state index contributed by atoms with van der Waals surface area (Å²) >= 11 is 0. The van der Waals surface area contributed by atoms with Gasteiger partial charge in [-0.05, 0) is 44.2 Å². The lowest BCUT2D eigenvalue weighted by molar-refractivity contribution is 0.0252. The molecule has 2 N–H and O–H groups in total. The molecule has 0 aromatic heterocycles. The third kappa shape index (κ3) is 4.81. The standard InChI is InChI=1S/C13H28N2O/c1-11(2)7-12(8-14)9-15-6-4-5-13(10-15)16-3/h11-13H,4-10,14H2,1-3H3. The van der Waals surface area contributed by atoms with Crippen LogP contribution in [0.15, 0.2) is 0 Å². The van der Waals surface area contributed by atoms with Gasteiger partial charge in [-0.1, -0.05) is 13.8 Å². The second-order valence-corrected chi connectivity index (χ2v) is 5.49. The predicted octanol–water partition coefficient (Wildman–Crippen LogP) is 1.72. The van der Waals surface area contributed by atoms with Crippen LogP contribution >= 0.6 is 0 Å². The highest BCUT2D eigenvalue weighted by Gasteiger charge is 2.21. The van der Waals surface area contributed by atoms with Gasteiger partial charge in [0.05, 0.1) is 6.10 Å². The van der Waals surface area contributed by atoms with Gasteiger partial charge in [-0.15, -0.1) is 0 Å². The van der Waals surface area contributed by atoms with Gasteiger partial charge in [-0.3, -0.25) is 0 Å². The molecule has 0 aromatic carbocycles. The zero-order chi connectivity index (χ0) is 12.0. The number of piperidine rings is 1. The molecule has 0 radical (unpaired) electrons. The van der Waals surface area contributed by atoms with E-state index in [0.29, 0.717) is 12.0 Å². The van der Waals surface area contributed by atoms with Gasteiger partial charge in [0.1, 0.15) is 0 Å². The number of rotatable bonds is 6. The van der Waals surface area contributed by atoms with Crippen molar-refractivity contribution in [1.82, 2.24) is 4.90 Å². The lowest BCUT2D eigenvalue weighted by Crippen LogP contribution is -2.43. The smallest absolute Gasteiger partial charge is 0.0698 e. The maximum atomic E-state index is 5.85. The Morgan fingerprint density at radius 2 is 2.19 bits per heavy atom. The highest BCUT2D eigenvalue weighted by atomic mass is 16.5. The van der Waals surface area contributed by atoms with Crippen LogP contribution in [-0.2, 0) is 4.74 Å². The molecule has 1 saturated heterocycles. The minimum absolute atomic E-state index is 0.436. The van der Waals surface area contributed by atoms with Gasteiger partial charge in [0.15, 0.2) is 0 Å². The van der Waals surface area contributed by atoms with Crippen LogP contribution in [0.5, 0.6) is 0 Å². The van der Waals surface area contributed by atoms with Gasteiger partial charge < -0.3 is 15.4 Å². The monoisotopic (exact) mass is 228 g/mol. The number of hydrogen-bond acceptors (Lipinski definition) is 3. The molecule has 3 nitrogen and oxygen atoms in total. The van der Waals surface area contributed by atoms with Crippen molar-refractivity contribution in [2.75, 3.05) is 33.3 Å². The summed E-state index contributed by atoms with van der Waals surface area (Å²) in [6.07, 6.45) is 4.15. The first-order valence-electron chi connectivity index (χ1n) is 6.61. The summed E-state index contributed by atoms with van der Waals surface area (Å²) in [6, 6.07) is 0. The Morgan fingerprint density at radius 3 is 2.75 bits per heavy atom. The zero-order valence-electron chi connectivity index (χ0n) is 11.1. The maximum Gasteiger partial charge on any atom is 0.0698 e. The quantitative estimate of drug-likeness (QED) is 0.752. The Bertz CT molecular complexity index is 185. The second kappa shape index (κ2) is 7.25.